The standard InChI is InChI=1S/C11H13F3N2/c12-11(13,14)9-8-15-5-4-10(9)16-6-2-1-3-7-16/h4-5,8H,1-3,6-7H2/i2D/t2-/m1/s1. The summed E-state index contributed by atoms with van der Waals surface area (Å²) in [6, 6.07) is 1.38. The average molecular weight is 231 g/mol. The van der Waals surface area contributed by atoms with E-state index < -0.39 is 11.7 Å². The number of hydrogen-bond donors (Lipinski definition) is 0. The number of pyridine rings is 1. The molecule has 1 saturated heterocycles. The quantitative estimate of drug-likeness (QED) is 0.738. The molecule has 0 spiro atoms. The number of anilines is 1. The lowest BCUT2D eigenvalue weighted by Gasteiger charge is -2.30. The van der Waals surface area contributed by atoms with Gasteiger partial charge in [0.05, 0.1) is 11.3 Å². The lowest BCUT2D eigenvalue weighted by molar-refractivity contribution is -0.137. The third kappa shape index (κ3) is 2.28. The van der Waals surface area contributed by atoms with E-state index in [1.807, 2.05) is 0 Å². The lowest BCUT2D eigenvalue weighted by atomic mass is 10.1. The van der Waals surface area contributed by atoms with Crippen molar-refractivity contribution < 1.29 is 14.5 Å². The fraction of sp³-hybridized carbons (Fsp3) is 0.545. The zero-order valence-corrected chi connectivity index (χ0v) is 8.67. The average Bonchev–Trinajstić information content (AvgIpc) is 2.28. The first-order chi connectivity index (χ1) is 7.98. The highest BCUT2D eigenvalue weighted by molar-refractivity contribution is 5.53. The van der Waals surface area contributed by atoms with Crippen LogP contribution in [0.3, 0.4) is 0 Å². The molecule has 5 heteroatoms. The van der Waals surface area contributed by atoms with Crippen LogP contribution in [0.1, 0.15) is 26.2 Å². The summed E-state index contributed by atoms with van der Waals surface area (Å²) in [6.07, 6.45) is -0.978. The van der Waals surface area contributed by atoms with Crippen LogP contribution in [0.5, 0.6) is 0 Å². The minimum atomic E-state index is -4.39. The highest BCUT2D eigenvalue weighted by Crippen LogP contribution is 2.36. The van der Waals surface area contributed by atoms with E-state index in [9.17, 15) is 13.2 Å². The minimum Gasteiger partial charge on any atom is -0.371 e. The molecule has 0 amide bonds. The van der Waals surface area contributed by atoms with Crippen molar-refractivity contribution in [2.75, 3.05) is 18.0 Å². The molecule has 16 heavy (non-hydrogen) atoms. The molecule has 0 saturated carbocycles. The van der Waals surface area contributed by atoms with Crippen molar-refractivity contribution >= 4 is 5.69 Å². The Morgan fingerprint density at radius 3 is 2.81 bits per heavy atom. The minimum absolute atomic E-state index is 0.143. The van der Waals surface area contributed by atoms with Gasteiger partial charge in [-0.15, -0.1) is 0 Å². The second kappa shape index (κ2) is 4.31. The van der Waals surface area contributed by atoms with Crippen LogP contribution < -0.4 is 4.90 Å². The van der Waals surface area contributed by atoms with E-state index in [-0.39, 0.29) is 12.1 Å². The molecule has 1 aliphatic heterocycles. The van der Waals surface area contributed by atoms with E-state index in [0.29, 0.717) is 13.1 Å². The number of piperidine rings is 1. The van der Waals surface area contributed by atoms with Gasteiger partial charge in [-0.3, -0.25) is 4.98 Å². The fourth-order valence-electron chi connectivity index (χ4n) is 1.86. The van der Waals surface area contributed by atoms with Crippen molar-refractivity contribution in [1.82, 2.24) is 4.98 Å². The Bertz CT molecular complexity index is 395. The Morgan fingerprint density at radius 2 is 2.12 bits per heavy atom. The largest absolute Gasteiger partial charge is 0.419 e. The summed E-state index contributed by atoms with van der Waals surface area (Å²) >= 11 is 0. The number of nitrogens with zero attached hydrogens (tertiary/aromatic N) is 2. The Morgan fingerprint density at radius 1 is 1.31 bits per heavy atom. The molecule has 0 unspecified atom stereocenters. The molecule has 1 fully saturated rings. The highest BCUT2D eigenvalue weighted by Gasteiger charge is 2.35. The van der Waals surface area contributed by atoms with Gasteiger partial charge in [0.1, 0.15) is 0 Å². The lowest BCUT2D eigenvalue weighted by Crippen LogP contribution is -2.31. The second-order valence-corrected chi connectivity index (χ2v) is 3.77. The van der Waals surface area contributed by atoms with Crippen molar-refractivity contribution in [3.63, 3.8) is 0 Å². The van der Waals surface area contributed by atoms with Crippen LogP contribution in [0.2, 0.25) is 0 Å². The number of alkyl halides is 3. The van der Waals surface area contributed by atoms with Gasteiger partial charge in [-0.05, 0) is 25.3 Å². The number of halogens is 3. The van der Waals surface area contributed by atoms with Crippen molar-refractivity contribution in [1.29, 1.82) is 0 Å². The SMILES string of the molecule is [2H][C@@H]1CCCN(c2ccncc2C(F)(F)F)C1. The molecule has 1 aliphatic rings. The maximum Gasteiger partial charge on any atom is 0.419 e. The first-order valence-electron chi connectivity index (χ1n) is 5.74. The van der Waals surface area contributed by atoms with E-state index in [4.69, 9.17) is 1.37 Å². The van der Waals surface area contributed by atoms with Gasteiger partial charge in [0.2, 0.25) is 0 Å². The van der Waals surface area contributed by atoms with Gasteiger partial charge in [-0.25, -0.2) is 0 Å². The number of rotatable bonds is 1. The maximum absolute atomic E-state index is 12.8. The van der Waals surface area contributed by atoms with E-state index in [2.05, 4.69) is 4.98 Å². The number of aromatic nitrogens is 1. The van der Waals surface area contributed by atoms with E-state index >= 15 is 0 Å². The summed E-state index contributed by atoms with van der Waals surface area (Å²) in [5.74, 6) is 0. The third-order valence-corrected chi connectivity index (χ3v) is 2.63. The highest BCUT2D eigenvalue weighted by atomic mass is 19.4. The fourth-order valence-corrected chi connectivity index (χ4v) is 1.86. The zero-order valence-electron chi connectivity index (χ0n) is 9.67. The van der Waals surface area contributed by atoms with Crippen molar-refractivity contribution in [2.45, 2.75) is 25.4 Å². The molecule has 0 radical (unpaired) electrons. The molecule has 2 rings (SSSR count). The van der Waals surface area contributed by atoms with Crippen LogP contribution in [-0.2, 0) is 6.18 Å². The van der Waals surface area contributed by atoms with Gasteiger partial charge >= 0.3 is 6.18 Å². The normalized spacial score (nSPS) is 23.1. The Hall–Kier alpha value is -1.26. The molecule has 0 aromatic carbocycles. The first-order valence-corrected chi connectivity index (χ1v) is 5.17. The summed E-state index contributed by atoms with van der Waals surface area (Å²) < 4.78 is 46.0. The predicted molar refractivity (Wildman–Crippen MR) is 55.3 cm³/mol. The summed E-state index contributed by atoms with van der Waals surface area (Å²) in [6.45, 7) is 0.926. The molecule has 0 bridgehead atoms. The van der Waals surface area contributed by atoms with Gasteiger partial charge in [-0.1, -0.05) is 0 Å². The molecule has 2 nitrogen and oxygen atoms in total. The van der Waals surface area contributed by atoms with E-state index in [1.165, 1.54) is 12.3 Å². The Kier molecular flexibility index (Phi) is 2.68. The Balaban J connectivity index is 2.31. The molecule has 0 N–H and O–H groups in total. The van der Waals surface area contributed by atoms with Crippen LogP contribution in [0, 0.1) is 0 Å². The molecular weight excluding hydrogens is 217 g/mol. The summed E-state index contributed by atoms with van der Waals surface area (Å²) in [7, 11) is 0. The van der Waals surface area contributed by atoms with Crippen molar-refractivity contribution in [3.8, 4) is 0 Å². The van der Waals surface area contributed by atoms with Crippen LogP contribution in [0.25, 0.3) is 0 Å². The Labute approximate surface area is 93.5 Å². The predicted octanol–water partition coefficient (Wildman–Crippen LogP) is 3.09. The first kappa shape index (κ1) is 9.93. The smallest absolute Gasteiger partial charge is 0.371 e. The molecule has 1 aromatic heterocycles. The van der Waals surface area contributed by atoms with Gasteiger partial charge < -0.3 is 4.90 Å². The van der Waals surface area contributed by atoms with Gasteiger partial charge in [-0.2, -0.15) is 13.2 Å². The molecule has 88 valence electrons. The van der Waals surface area contributed by atoms with Crippen molar-refractivity contribution in [3.05, 3.63) is 24.0 Å². The summed E-state index contributed by atoms with van der Waals surface area (Å²) in [5, 5.41) is 0. The topological polar surface area (TPSA) is 16.1 Å². The van der Waals surface area contributed by atoms with Crippen LogP contribution in [0.4, 0.5) is 18.9 Å². The number of hydrogen-bond acceptors (Lipinski definition) is 2. The zero-order chi connectivity index (χ0) is 12.5. The van der Waals surface area contributed by atoms with Crippen LogP contribution in [0.15, 0.2) is 18.5 Å². The van der Waals surface area contributed by atoms with E-state index in [0.717, 1.165) is 19.0 Å². The monoisotopic (exact) mass is 231 g/mol. The molecule has 0 aliphatic carbocycles. The second-order valence-electron chi connectivity index (χ2n) is 3.77. The van der Waals surface area contributed by atoms with Gasteiger partial charge in [0, 0.05) is 26.9 Å². The van der Waals surface area contributed by atoms with Crippen LogP contribution in [-0.4, -0.2) is 18.1 Å². The van der Waals surface area contributed by atoms with Gasteiger partial charge in [0.15, 0.2) is 0 Å². The van der Waals surface area contributed by atoms with Crippen molar-refractivity contribution in [2.24, 2.45) is 0 Å². The summed E-state index contributed by atoms with van der Waals surface area (Å²) in [4.78, 5) is 5.16. The summed E-state index contributed by atoms with van der Waals surface area (Å²) in [5.41, 5.74) is -0.571. The van der Waals surface area contributed by atoms with Gasteiger partial charge in [0.25, 0.3) is 0 Å². The third-order valence-electron chi connectivity index (χ3n) is 2.63. The molecule has 2 heterocycles. The maximum atomic E-state index is 12.8. The molecule has 1 atom stereocenters. The van der Waals surface area contributed by atoms with E-state index in [1.54, 1.807) is 4.90 Å². The molecular formula is C11H13F3N2. The molecule has 1 aromatic rings. The van der Waals surface area contributed by atoms with Crippen LogP contribution >= 0.6 is 0 Å².